The van der Waals surface area contributed by atoms with Crippen molar-refractivity contribution >= 4 is 22.5 Å². The Hall–Kier alpha value is -3.71. The standard InChI is InChI=1S/C25H24N4O3/c1-17-5-3-6-18(13-17)29-14-19(31-16-24(29)30)15-32-23-9-8-20(22-10-12-28(2)27-22)21-7-4-11-26-25(21)23/h3-13,19H,14-16H2,1-2H3/t19-/m0/s1. The molecule has 0 aliphatic carbocycles. The third-order valence-corrected chi connectivity index (χ3v) is 5.59. The molecule has 2 aromatic carbocycles. The maximum absolute atomic E-state index is 12.4. The Morgan fingerprint density at radius 1 is 1.16 bits per heavy atom. The average Bonchev–Trinajstić information content (AvgIpc) is 3.24. The van der Waals surface area contributed by atoms with Crippen LogP contribution in [0.15, 0.2) is 67.0 Å². The highest BCUT2D eigenvalue weighted by Gasteiger charge is 2.28. The van der Waals surface area contributed by atoms with Gasteiger partial charge in [-0.15, -0.1) is 0 Å². The van der Waals surface area contributed by atoms with E-state index in [9.17, 15) is 4.79 Å². The summed E-state index contributed by atoms with van der Waals surface area (Å²) in [5.41, 5.74) is 4.67. The number of amides is 1. The molecule has 1 saturated heterocycles. The molecule has 32 heavy (non-hydrogen) atoms. The lowest BCUT2D eigenvalue weighted by molar-refractivity contribution is -0.130. The fraction of sp³-hybridized carbons (Fsp3) is 0.240. The van der Waals surface area contributed by atoms with Crippen LogP contribution in [0, 0.1) is 6.92 Å². The molecule has 0 N–H and O–H groups in total. The number of aryl methyl sites for hydroxylation is 2. The van der Waals surface area contributed by atoms with E-state index in [-0.39, 0.29) is 18.6 Å². The summed E-state index contributed by atoms with van der Waals surface area (Å²) < 4.78 is 13.7. The molecule has 0 radical (unpaired) electrons. The van der Waals surface area contributed by atoms with Crippen LogP contribution in [0.3, 0.4) is 0 Å². The van der Waals surface area contributed by atoms with E-state index in [0.29, 0.717) is 18.9 Å². The molecule has 5 rings (SSSR count). The number of carbonyl (C=O) groups excluding carboxylic acids is 1. The number of fused-ring (bicyclic) bond motifs is 1. The molecule has 3 heterocycles. The van der Waals surface area contributed by atoms with E-state index in [0.717, 1.165) is 33.4 Å². The van der Waals surface area contributed by atoms with Crippen molar-refractivity contribution in [2.24, 2.45) is 7.05 Å². The summed E-state index contributed by atoms with van der Waals surface area (Å²) in [7, 11) is 1.90. The van der Waals surface area contributed by atoms with E-state index in [1.54, 1.807) is 15.8 Å². The number of carbonyl (C=O) groups is 1. The number of hydrogen-bond acceptors (Lipinski definition) is 5. The molecule has 0 spiro atoms. The van der Waals surface area contributed by atoms with Crippen molar-refractivity contribution in [3.8, 4) is 17.0 Å². The third kappa shape index (κ3) is 3.94. The molecular weight excluding hydrogens is 404 g/mol. The Morgan fingerprint density at radius 3 is 2.88 bits per heavy atom. The van der Waals surface area contributed by atoms with Crippen LogP contribution in [0.1, 0.15) is 5.56 Å². The van der Waals surface area contributed by atoms with Crippen molar-refractivity contribution < 1.29 is 14.3 Å². The summed E-state index contributed by atoms with van der Waals surface area (Å²) >= 11 is 0. The second-order valence-corrected chi connectivity index (χ2v) is 7.97. The first-order chi connectivity index (χ1) is 15.6. The molecule has 7 heteroatoms. The molecular formula is C25H24N4O3. The molecule has 1 aliphatic rings. The summed E-state index contributed by atoms with van der Waals surface area (Å²) in [5, 5.41) is 5.50. The summed E-state index contributed by atoms with van der Waals surface area (Å²) in [5.74, 6) is 0.640. The van der Waals surface area contributed by atoms with Crippen molar-refractivity contribution in [3.05, 3.63) is 72.6 Å². The van der Waals surface area contributed by atoms with Crippen LogP contribution in [0.2, 0.25) is 0 Å². The van der Waals surface area contributed by atoms with Crippen molar-refractivity contribution in [3.63, 3.8) is 0 Å². The van der Waals surface area contributed by atoms with E-state index in [1.807, 2.05) is 74.8 Å². The Balaban J connectivity index is 1.36. The lowest BCUT2D eigenvalue weighted by Gasteiger charge is -2.32. The molecule has 4 aromatic rings. The normalized spacial score (nSPS) is 16.5. The Kier molecular flexibility index (Phi) is 5.33. The van der Waals surface area contributed by atoms with Gasteiger partial charge in [-0.05, 0) is 48.9 Å². The van der Waals surface area contributed by atoms with Gasteiger partial charge in [0, 0.05) is 36.1 Å². The molecule has 2 aromatic heterocycles. The number of morpholine rings is 1. The molecule has 1 amide bonds. The minimum atomic E-state index is -0.234. The highest BCUT2D eigenvalue weighted by molar-refractivity contribution is 5.97. The van der Waals surface area contributed by atoms with Crippen molar-refractivity contribution in [2.45, 2.75) is 13.0 Å². The van der Waals surface area contributed by atoms with Crippen molar-refractivity contribution in [1.29, 1.82) is 0 Å². The van der Waals surface area contributed by atoms with Crippen LogP contribution in [-0.4, -0.2) is 46.5 Å². The van der Waals surface area contributed by atoms with Gasteiger partial charge in [-0.25, -0.2) is 0 Å². The molecule has 0 saturated carbocycles. The fourth-order valence-electron chi connectivity index (χ4n) is 4.00. The predicted octanol–water partition coefficient (Wildman–Crippen LogP) is 3.75. The largest absolute Gasteiger partial charge is 0.489 e. The highest BCUT2D eigenvalue weighted by Crippen LogP contribution is 2.32. The van der Waals surface area contributed by atoms with Gasteiger partial charge in [0.2, 0.25) is 0 Å². The number of ether oxygens (including phenoxy) is 2. The Bertz CT molecular complexity index is 1280. The average molecular weight is 428 g/mol. The number of anilines is 1. The molecule has 162 valence electrons. The second kappa shape index (κ2) is 8.43. The first-order valence-electron chi connectivity index (χ1n) is 10.6. The molecule has 1 fully saturated rings. The van der Waals surface area contributed by atoms with Crippen LogP contribution >= 0.6 is 0 Å². The van der Waals surface area contributed by atoms with E-state index < -0.39 is 0 Å². The maximum Gasteiger partial charge on any atom is 0.253 e. The van der Waals surface area contributed by atoms with E-state index in [2.05, 4.69) is 10.1 Å². The number of aromatic nitrogens is 3. The molecule has 1 aliphatic heterocycles. The van der Waals surface area contributed by atoms with Gasteiger partial charge in [-0.3, -0.25) is 14.5 Å². The van der Waals surface area contributed by atoms with E-state index >= 15 is 0 Å². The van der Waals surface area contributed by atoms with Crippen LogP contribution in [0.25, 0.3) is 22.2 Å². The van der Waals surface area contributed by atoms with Gasteiger partial charge in [0.1, 0.15) is 30.6 Å². The number of pyridine rings is 1. The zero-order valence-electron chi connectivity index (χ0n) is 18.1. The maximum atomic E-state index is 12.4. The van der Waals surface area contributed by atoms with Gasteiger partial charge in [-0.1, -0.05) is 18.2 Å². The minimum Gasteiger partial charge on any atom is -0.489 e. The van der Waals surface area contributed by atoms with Crippen LogP contribution in [-0.2, 0) is 16.6 Å². The molecule has 0 unspecified atom stereocenters. The third-order valence-electron chi connectivity index (χ3n) is 5.59. The second-order valence-electron chi connectivity index (χ2n) is 7.97. The zero-order chi connectivity index (χ0) is 22.1. The predicted molar refractivity (Wildman–Crippen MR) is 123 cm³/mol. The van der Waals surface area contributed by atoms with Gasteiger partial charge in [0.25, 0.3) is 5.91 Å². The van der Waals surface area contributed by atoms with Gasteiger partial charge in [-0.2, -0.15) is 5.10 Å². The highest BCUT2D eigenvalue weighted by atomic mass is 16.5. The lowest BCUT2D eigenvalue weighted by atomic mass is 10.1. The van der Waals surface area contributed by atoms with Gasteiger partial charge >= 0.3 is 0 Å². The van der Waals surface area contributed by atoms with Crippen molar-refractivity contribution in [2.75, 3.05) is 24.7 Å². The number of nitrogens with zero attached hydrogens (tertiary/aromatic N) is 4. The first-order valence-corrected chi connectivity index (χ1v) is 10.6. The van der Waals surface area contributed by atoms with Crippen molar-refractivity contribution in [1.82, 2.24) is 14.8 Å². The summed E-state index contributed by atoms with van der Waals surface area (Å²) in [6.45, 7) is 2.82. The Labute approximate surface area is 186 Å². The Morgan fingerprint density at radius 2 is 2.06 bits per heavy atom. The topological polar surface area (TPSA) is 69.5 Å². The van der Waals surface area contributed by atoms with E-state index in [4.69, 9.17) is 9.47 Å². The van der Waals surface area contributed by atoms with Crippen LogP contribution in [0.5, 0.6) is 5.75 Å². The smallest absolute Gasteiger partial charge is 0.253 e. The number of hydrogen-bond donors (Lipinski definition) is 0. The molecule has 7 nitrogen and oxygen atoms in total. The summed E-state index contributed by atoms with van der Waals surface area (Å²) in [6.07, 6.45) is 3.44. The quantitative estimate of drug-likeness (QED) is 0.484. The number of benzene rings is 2. The van der Waals surface area contributed by atoms with Crippen LogP contribution < -0.4 is 9.64 Å². The van der Waals surface area contributed by atoms with Gasteiger partial charge in [0.05, 0.1) is 12.2 Å². The van der Waals surface area contributed by atoms with E-state index in [1.165, 1.54) is 0 Å². The monoisotopic (exact) mass is 428 g/mol. The molecule has 0 bridgehead atoms. The van der Waals surface area contributed by atoms with Crippen LogP contribution in [0.4, 0.5) is 5.69 Å². The zero-order valence-corrected chi connectivity index (χ0v) is 18.1. The van der Waals surface area contributed by atoms with Gasteiger partial charge < -0.3 is 14.4 Å². The minimum absolute atomic E-state index is 0.0413. The number of rotatable bonds is 5. The van der Waals surface area contributed by atoms with Gasteiger partial charge in [0.15, 0.2) is 0 Å². The first kappa shape index (κ1) is 20.2. The fourth-order valence-corrected chi connectivity index (χ4v) is 4.00. The summed E-state index contributed by atoms with van der Waals surface area (Å²) in [4.78, 5) is 18.7. The lowest BCUT2D eigenvalue weighted by Crippen LogP contribution is -2.48. The SMILES string of the molecule is Cc1cccc(N2C[C@@H](COc3ccc(-c4ccn(C)n4)c4cccnc34)OCC2=O)c1. The molecule has 1 atom stereocenters. The summed E-state index contributed by atoms with van der Waals surface area (Å²) in [6, 6.07) is 17.8.